The Morgan fingerprint density at radius 2 is 2.05 bits per heavy atom. The third-order valence-electron chi connectivity index (χ3n) is 3.97. The molecular formula is C16H24N2O3. The van der Waals surface area contributed by atoms with Gasteiger partial charge >= 0.3 is 0 Å². The van der Waals surface area contributed by atoms with Gasteiger partial charge in [0.15, 0.2) is 0 Å². The average molecular weight is 292 g/mol. The molecule has 116 valence electrons. The Labute approximate surface area is 125 Å². The number of benzene rings is 1. The number of methoxy groups -OCH3 is 1. The van der Waals surface area contributed by atoms with Crippen LogP contribution >= 0.6 is 0 Å². The topological polar surface area (TPSA) is 61.8 Å². The molecule has 1 saturated heterocycles. The molecule has 1 fully saturated rings. The summed E-state index contributed by atoms with van der Waals surface area (Å²) in [7, 11) is 1.59. The molecule has 5 heteroatoms. The number of ether oxygens (including phenoxy) is 1. The van der Waals surface area contributed by atoms with Crippen LogP contribution in [-0.4, -0.2) is 48.3 Å². The Morgan fingerprint density at radius 1 is 1.38 bits per heavy atom. The van der Waals surface area contributed by atoms with Crippen LogP contribution in [0, 0.1) is 0 Å². The third kappa shape index (κ3) is 4.72. The van der Waals surface area contributed by atoms with Gasteiger partial charge in [0, 0.05) is 26.1 Å². The Bertz CT molecular complexity index is 478. The van der Waals surface area contributed by atoms with Crippen molar-refractivity contribution < 1.29 is 14.6 Å². The van der Waals surface area contributed by atoms with Crippen molar-refractivity contribution in [3.05, 3.63) is 24.3 Å². The molecule has 0 aromatic heterocycles. The highest BCUT2D eigenvalue weighted by molar-refractivity contribution is 5.92. The normalized spacial score (nSPS) is 18.2. The fourth-order valence-electron chi connectivity index (χ4n) is 2.48. The van der Waals surface area contributed by atoms with Crippen molar-refractivity contribution in [2.24, 2.45) is 0 Å². The van der Waals surface area contributed by atoms with Crippen LogP contribution in [-0.2, 0) is 4.79 Å². The number of para-hydroxylation sites is 2. The molecular weight excluding hydrogens is 268 g/mol. The Kier molecular flexibility index (Phi) is 5.20. The predicted molar refractivity (Wildman–Crippen MR) is 82.5 cm³/mol. The number of carbonyl (C=O) groups excluding carboxylic acids is 1. The van der Waals surface area contributed by atoms with E-state index in [4.69, 9.17) is 4.74 Å². The van der Waals surface area contributed by atoms with E-state index >= 15 is 0 Å². The first-order valence-electron chi connectivity index (χ1n) is 7.38. The number of nitrogens with zero attached hydrogens (tertiary/aromatic N) is 1. The van der Waals surface area contributed by atoms with Gasteiger partial charge in [-0.05, 0) is 31.9 Å². The lowest BCUT2D eigenvalue weighted by Gasteiger charge is -2.35. The summed E-state index contributed by atoms with van der Waals surface area (Å²) in [4.78, 5) is 14.2. The van der Waals surface area contributed by atoms with Crippen molar-refractivity contribution in [2.45, 2.75) is 31.8 Å². The van der Waals surface area contributed by atoms with Gasteiger partial charge in [-0.2, -0.15) is 0 Å². The highest BCUT2D eigenvalue weighted by Crippen LogP contribution is 2.23. The monoisotopic (exact) mass is 292 g/mol. The van der Waals surface area contributed by atoms with Crippen molar-refractivity contribution in [2.75, 3.05) is 32.1 Å². The van der Waals surface area contributed by atoms with Crippen molar-refractivity contribution >= 4 is 11.6 Å². The molecule has 1 aliphatic rings. The first-order chi connectivity index (χ1) is 10.00. The lowest BCUT2D eigenvalue weighted by molar-refractivity contribution is -0.116. The minimum absolute atomic E-state index is 0.0168. The molecule has 2 rings (SSSR count). The van der Waals surface area contributed by atoms with Gasteiger partial charge in [0.05, 0.1) is 18.4 Å². The summed E-state index contributed by atoms with van der Waals surface area (Å²) in [5.74, 6) is 0.650. The summed E-state index contributed by atoms with van der Waals surface area (Å²) in [6.45, 7) is 4.28. The van der Waals surface area contributed by atoms with E-state index in [1.807, 2.05) is 31.2 Å². The summed E-state index contributed by atoms with van der Waals surface area (Å²) in [5.41, 5.74) is 0.155. The van der Waals surface area contributed by atoms with Crippen molar-refractivity contribution in [3.63, 3.8) is 0 Å². The maximum Gasteiger partial charge on any atom is 0.225 e. The van der Waals surface area contributed by atoms with Crippen LogP contribution in [0.4, 0.5) is 5.69 Å². The lowest BCUT2D eigenvalue weighted by Crippen LogP contribution is -2.43. The van der Waals surface area contributed by atoms with Gasteiger partial charge in [-0.25, -0.2) is 0 Å². The number of amides is 1. The van der Waals surface area contributed by atoms with E-state index in [1.54, 1.807) is 7.11 Å². The van der Waals surface area contributed by atoms with Crippen LogP contribution in [0.25, 0.3) is 0 Å². The highest BCUT2D eigenvalue weighted by atomic mass is 16.5. The number of likely N-dealkylation sites (tertiary alicyclic amines) is 1. The number of anilines is 1. The van der Waals surface area contributed by atoms with E-state index in [0.717, 1.165) is 32.5 Å². The second kappa shape index (κ2) is 6.91. The Balaban J connectivity index is 1.78. The molecule has 0 radical (unpaired) electrons. The SMILES string of the molecule is COc1ccccc1NC(=O)CCN1CCC(C)(O)CC1. The maximum absolute atomic E-state index is 12.0. The van der Waals surface area contributed by atoms with Crippen LogP contribution in [0.2, 0.25) is 0 Å². The summed E-state index contributed by atoms with van der Waals surface area (Å²) in [5, 5.41) is 12.8. The summed E-state index contributed by atoms with van der Waals surface area (Å²) in [6.07, 6.45) is 1.97. The fraction of sp³-hybridized carbons (Fsp3) is 0.562. The van der Waals surface area contributed by atoms with Crippen LogP contribution in [0.3, 0.4) is 0 Å². The minimum atomic E-state index is -0.545. The number of hydrogen-bond donors (Lipinski definition) is 2. The molecule has 1 aromatic rings. The number of carbonyl (C=O) groups is 1. The van der Waals surface area contributed by atoms with Gasteiger partial charge in [-0.3, -0.25) is 4.79 Å². The summed E-state index contributed by atoms with van der Waals surface area (Å²) in [6, 6.07) is 7.39. The molecule has 0 saturated carbocycles. The van der Waals surface area contributed by atoms with Crippen LogP contribution < -0.4 is 10.1 Å². The quantitative estimate of drug-likeness (QED) is 0.870. The van der Waals surface area contributed by atoms with Gasteiger partial charge in [0.1, 0.15) is 5.75 Å². The number of nitrogens with one attached hydrogen (secondary N) is 1. The van der Waals surface area contributed by atoms with Crippen molar-refractivity contribution in [1.82, 2.24) is 4.90 Å². The molecule has 2 N–H and O–H groups in total. The number of piperidine rings is 1. The predicted octanol–water partition coefficient (Wildman–Crippen LogP) is 1.87. The Morgan fingerprint density at radius 3 is 2.71 bits per heavy atom. The highest BCUT2D eigenvalue weighted by Gasteiger charge is 2.27. The molecule has 0 bridgehead atoms. The average Bonchev–Trinajstić information content (AvgIpc) is 2.47. The van der Waals surface area contributed by atoms with Gasteiger partial charge in [-0.1, -0.05) is 12.1 Å². The molecule has 5 nitrogen and oxygen atoms in total. The molecule has 1 amide bonds. The molecule has 0 aliphatic carbocycles. The van der Waals surface area contributed by atoms with E-state index in [0.29, 0.717) is 17.9 Å². The third-order valence-corrected chi connectivity index (χ3v) is 3.97. The molecule has 0 atom stereocenters. The Hall–Kier alpha value is -1.59. The van der Waals surface area contributed by atoms with Gasteiger partial charge in [-0.15, -0.1) is 0 Å². The zero-order valence-electron chi connectivity index (χ0n) is 12.8. The molecule has 0 spiro atoms. The van der Waals surface area contributed by atoms with Crippen LogP contribution in [0.5, 0.6) is 5.75 Å². The first-order valence-corrected chi connectivity index (χ1v) is 7.38. The minimum Gasteiger partial charge on any atom is -0.495 e. The summed E-state index contributed by atoms with van der Waals surface area (Å²) >= 11 is 0. The molecule has 0 unspecified atom stereocenters. The van der Waals surface area contributed by atoms with Crippen molar-refractivity contribution in [1.29, 1.82) is 0 Å². The summed E-state index contributed by atoms with van der Waals surface area (Å²) < 4.78 is 5.21. The van der Waals surface area contributed by atoms with E-state index in [9.17, 15) is 9.90 Å². The van der Waals surface area contributed by atoms with E-state index < -0.39 is 5.60 Å². The lowest BCUT2D eigenvalue weighted by atomic mass is 9.94. The zero-order chi connectivity index (χ0) is 15.3. The van der Waals surface area contributed by atoms with Crippen molar-refractivity contribution in [3.8, 4) is 5.75 Å². The van der Waals surface area contributed by atoms with E-state index in [2.05, 4.69) is 10.2 Å². The second-order valence-corrected chi connectivity index (χ2v) is 5.84. The number of rotatable bonds is 5. The first kappa shape index (κ1) is 15.8. The smallest absolute Gasteiger partial charge is 0.225 e. The standard InChI is InChI=1S/C16H24N2O3/c1-16(20)8-11-18(12-9-16)10-7-15(19)17-13-5-3-4-6-14(13)21-2/h3-6,20H,7-12H2,1-2H3,(H,17,19). The van der Waals surface area contributed by atoms with Crippen LogP contribution in [0.1, 0.15) is 26.2 Å². The largest absolute Gasteiger partial charge is 0.495 e. The van der Waals surface area contributed by atoms with E-state index in [1.165, 1.54) is 0 Å². The van der Waals surface area contributed by atoms with Crippen LogP contribution in [0.15, 0.2) is 24.3 Å². The molecule has 1 aromatic carbocycles. The zero-order valence-corrected chi connectivity index (χ0v) is 12.8. The fourth-order valence-corrected chi connectivity index (χ4v) is 2.48. The van der Waals surface area contributed by atoms with Gasteiger partial charge in [0.2, 0.25) is 5.91 Å². The van der Waals surface area contributed by atoms with Gasteiger partial charge in [0.25, 0.3) is 0 Å². The second-order valence-electron chi connectivity index (χ2n) is 5.84. The molecule has 1 aliphatic heterocycles. The number of aliphatic hydroxyl groups is 1. The molecule has 21 heavy (non-hydrogen) atoms. The number of hydrogen-bond acceptors (Lipinski definition) is 4. The van der Waals surface area contributed by atoms with E-state index in [-0.39, 0.29) is 5.91 Å². The molecule has 1 heterocycles. The maximum atomic E-state index is 12.0. The van der Waals surface area contributed by atoms with Gasteiger partial charge < -0.3 is 20.1 Å².